The summed E-state index contributed by atoms with van der Waals surface area (Å²) in [7, 11) is 0. The van der Waals surface area contributed by atoms with Gasteiger partial charge in [0.25, 0.3) is 0 Å². The van der Waals surface area contributed by atoms with E-state index in [1.807, 2.05) is 0 Å². The summed E-state index contributed by atoms with van der Waals surface area (Å²) in [6.45, 7) is 0. The molecule has 6 heavy (non-hydrogen) atoms. The molecule has 0 aliphatic carbocycles. The molecule has 3 nitrogen and oxygen atoms in total. The van der Waals surface area contributed by atoms with Crippen molar-refractivity contribution in [2.45, 2.75) is 0 Å². The summed E-state index contributed by atoms with van der Waals surface area (Å²) in [6.07, 6.45) is -1.83. The van der Waals surface area contributed by atoms with Gasteiger partial charge in [-0.15, -0.1) is 0 Å². The van der Waals surface area contributed by atoms with Crippen LogP contribution in [0.3, 0.4) is 0 Å². The fraction of sp³-hybridized carbons (Fsp3) is 0. The number of hydrogen-bond donors (Lipinski definition) is 2. The van der Waals surface area contributed by atoms with E-state index in [1.165, 1.54) is 0 Å². The van der Waals surface area contributed by atoms with Crippen LogP contribution in [0.5, 0.6) is 0 Å². The molecule has 0 rings (SSSR count). The number of carbonyl (C=O) groups is 1. The van der Waals surface area contributed by atoms with Gasteiger partial charge in [0.2, 0.25) is 0 Å². The molecular formula is CH6BaO3Pb. The molecule has 5 heteroatoms. The second-order valence-electron chi connectivity index (χ2n) is 0.283. The van der Waals surface area contributed by atoms with Crippen LogP contribution < -0.4 is 0 Å². The van der Waals surface area contributed by atoms with Gasteiger partial charge in [-0.1, -0.05) is 0 Å². The summed E-state index contributed by atoms with van der Waals surface area (Å²) in [5.74, 6) is 0. The Hall–Kier alpha value is 1.76. The Balaban J connectivity index is -0.00000000750. The SMILES string of the molecule is O=C(O)O.[Ba+2].[H-].[H-].[PbH2]. The summed E-state index contributed by atoms with van der Waals surface area (Å²) in [5, 5.41) is 13.9. The van der Waals surface area contributed by atoms with Crippen LogP contribution in [0.15, 0.2) is 0 Å². The van der Waals surface area contributed by atoms with E-state index >= 15 is 0 Å². The Bertz CT molecular complexity index is 40.3. The molecule has 2 N–H and O–H groups in total. The zero-order valence-electron chi connectivity index (χ0n) is 5.22. The second-order valence-corrected chi connectivity index (χ2v) is 0.283. The topological polar surface area (TPSA) is 57.5 Å². The van der Waals surface area contributed by atoms with E-state index in [0.29, 0.717) is 0 Å². The van der Waals surface area contributed by atoms with Gasteiger partial charge in [-0.25, -0.2) is 4.79 Å². The molecule has 0 aromatic carbocycles. The van der Waals surface area contributed by atoms with Crippen LogP contribution in [0, 0.1) is 0 Å². The Labute approximate surface area is 98.3 Å². The van der Waals surface area contributed by atoms with E-state index in [-0.39, 0.29) is 79.0 Å². The zero-order chi connectivity index (χ0) is 3.58. The van der Waals surface area contributed by atoms with Gasteiger partial charge in [-0.05, 0) is 0 Å². The molecule has 0 bridgehead atoms. The first-order valence-corrected chi connectivity index (χ1v) is 0.651. The minimum absolute atomic E-state index is 0. The molecule has 0 aliphatic heterocycles. The Kier molecular flexibility index (Phi) is 25.8. The quantitative estimate of drug-likeness (QED) is 0.512. The molecule has 0 unspecified atom stereocenters. The molecule has 0 spiro atoms. The first kappa shape index (κ1) is 15.7. The Morgan fingerprint density at radius 2 is 1.50 bits per heavy atom. The number of rotatable bonds is 0. The van der Waals surface area contributed by atoms with Gasteiger partial charge in [-0.3, -0.25) is 0 Å². The maximum atomic E-state index is 8.56. The van der Waals surface area contributed by atoms with E-state index in [4.69, 9.17) is 15.0 Å². The summed E-state index contributed by atoms with van der Waals surface area (Å²) < 4.78 is 0. The van der Waals surface area contributed by atoms with Crippen molar-refractivity contribution in [2.24, 2.45) is 0 Å². The Morgan fingerprint density at radius 3 is 1.50 bits per heavy atom. The van der Waals surface area contributed by atoms with Crippen LogP contribution in [0.4, 0.5) is 4.79 Å². The molecule has 0 heterocycles. The third-order valence-corrected chi connectivity index (χ3v) is 0. The van der Waals surface area contributed by atoms with Crippen LogP contribution in [0.1, 0.15) is 2.85 Å². The molecule has 34 valence electrons. The van der Waals surface area contributed by atoms with Crippen LogP contribution in [-0.2, 0) is 0 Å². The van der Waals surface area contributed by atoms with Crippen LogP contribution in [0.25, 0.3) is 0 Å². The van der Waals surface area contributed by atoms with Crippen molar-refractivity contribution < 1.29 is 17.9 Å². The van der Waals surface area contributed by atoms with Gasteiger partial charge in [0.1, 0.15) is 0 Å². The van der Waals surface area contributed by atoms with E-state index in [0.717, 1.165) is 0 Å². The normalized spacial score (nSPS) is 4.00. The molecule has 0 saturated heterocycles. The van der Waals surface area contributed by atoms with Crippen molar-refractivity contribution in [3.63, 3.8) is 0 Å². The summed E-state index contributed by atoms with van der Waals surface area (Å²) in [6, 6.07) is 0. The fourth-order valence-electron chi connectivity index (χ4n) is 0. The first-order valence-electron chi connectivity index (χ1n) is 0.651. The summed E-state index contributed by atoms with van der Waals surface area (Å²) >= 11 is 0. The maximum absolute atomic E-state index is 8.56. The molecule has 0 aromatic rings. The van der Waals surface area contributed by atoms with Crippen molar-refractivity contribution in [3.8, 4) is 0 Å². The first-order chi connectivity index (χ1) is 1.73. The molecular weight excluding hydrogens is 405 g/mol. The van der Waals surface area contributed by atoms with Gasteiger partial charge in [-0.2, -0.15) is 0 Å². The third kappa shape index (κ3) is 42.1. The predicted octanol–water partition coefficient (Wildman–Crippen LogP) is -0.850. The van der Waals surface area contributed by atoms with Crippen molar-refractivity contribution in [2.75, 3.05) is 0 Å². The van der Waals surface area contributed by atoms with Crippen molar-refractivity contribution >= 4 is 82.3 Å². The van der Waals surface area contributed by atoms with E-state index < -0.39 is 6.16 Å². The Morgan fingerprint density at radius 1 is 1.50 bits per heavy atom. The van der Waals surface area contributed by atoms with Gasteiger partial charge >= 0.3 is 82.3 Å². The molecule has 0 saturated carbocycles. The predicted molar refractivity (Wildman–Crippen MR) is 27.2 cm³/mol. The number of carboxylic acid groups (broad SMARTS) is 2. The molecule has 2 radical (unpaired) electrons. The van der Waals surface area contributed by atoms with Crippen molar-refractivity contribution in [1.29, 1.82) is 0 Å². The average molecular weight is 411 g/mol. The van der Waals surface area contributed by atoms with Crippen molar-refractivity contribution in [1.82, 2.24) is 0 Å². The van der Waals surface area contributed by atoms with Crippen molar-refractivity contribution in [3.05, 3.63) is 0 Å². The average Bonchev–Trinajstić information content (AvgIpc) is 0.811. The van der Waals surface area contributed by atoms with E-state index in [2.05, 4.69) is 0 Å². The van der Waals surface area contributed by atoms with Gasteiger partial charge in [0, 0.05) is 0 Å². The molecule has 0 fully saturated rings. The molecule has 0 atom stereocenters. The van der Waals surface area contributed by atoms with E-state index in [1.54, 1.807) is 0 Å². The van der Waals surface area contributed by atoms with E-state index in [9.17, 15) is 0 Å². The molecule has 0 aliphatic rings. The summed E-state index contributed by atoms with van der Waals surface area (Å²) in [5.41, 5.74) is 0. The van der Waals surface area contributed by atoms with Gasteiger partial charge in [0.05, 0.1) is 0 Å². The fourth-order valence-corrected chi connectivity index (χ4v) is 0. The summed E-state index contributed by atoms with van der Waals surface area (Å²) in [4.78, 5) is 8.56. The van der Waals surface area contributed by atoms with Crippen LogP contribution in [0.2, 0.25) is 0 Å². The van der Waals surface area contributed by atoms with Crippen LogP contribution in [-0.4, -0.2) is 92.5 Å². The monoisotopic (exact) mass is 412 g/mol. The third-order valence-electron chi connectivity index (χ3n) is 0. The van der Waals surface area contributed by atoms with Gasteiger partial charge in [0.15, 0.2) is 0 Å². The minimum atomic E-state index is -1.83. The second kappa shape index (κ2) is 9.90. The van der Waals surface area contributed by atoms with Gasteiger partial charge < -0.3 is 13.1 Å². The standard InChI is InChI=1S/CH2O3.Ba.Pb.4H/c2-1(3)4;;;;;;/h(H2,2,3,4);;;;;;/q;+2;;;;2*-1. The molecule has 0 amide bonds. The molecule has 0 aromatic heterocycles. The number of hydrogen-bond acceptors (Lipinski definition) is 1. The van der Waals surface area contributed by atoms with Crippen LogP contribution >= 0.6 is 0 Å². The zero-order valence-corrected chi connectivity index (χ0v) is 13.2.